The lowest BCUT2D eigenvalue weighted by Crippen LogP contribution is -1.73. The van der Waals surface area contributed by atoms with Crippen LogP contribution in [-0.4, -0.2) is 6.61 Å². The molecule has 0 aliphatic carbocycles. The van der Waals surface area contributed by atoms with Crippen LogP contribution < -0.4 is 0 Å². The van der Waals surface area contributed by atoms with Gasteiger partial charge in [-0.1, -0.05) is 11.6 Å². The molecule has 0 saturated carbocycles. The predicted molar refractivity (Wildman–Crippen MR) is 26.6 cm³/mol. The number of ether oxygens (including phenoxy) is 1. The molecule has 0 N–H and O–H groups in total. The number of hydrogen-bond acceptors (Lipinski definition) is 1. The topological polar surface area (TPSA) is 9.23 Å². The van der Waals surface area contributed by atoms with Gasteiger partial charge < -0.3 is 4.74 Å². The van der Waals surface area contributed by atoms with Crippen LogP contribution in [-0.2, 0) is 4.74 Å². The zero-order valence-electron chi connectivity index (χ0n) is 3.65. The SMILES string of the molecule is CCO/C=C/Cl. The highest BCUT2D eigenvalue weighted by molar-refractivity contribution is 6.25. The van der Waals surface area contributed by atoms with Crippen molar-refractivity contribution >= 4 is 11.6 Å². The first-order chi connectivity index (χ1) is 2.91. The minimum absolute atomic E-state index is 0.684. The Labute approximate surface area is 42.6 Å². The lowest BCUT2D eigenvalue weighted by Gasteiger charge is -1.85. The maximum atomic E-state index is 5.07. The Morgan fingerprint density at radius 1 is 1.83 bits per heavy atom. The summed E-state index contributed by atoms with van der Waals surface area (Å²) >= 11 is 5.07. The summed E-state index contributed by atoms with van der Waals surface area (Å²) in [6.07, 6.45) is 1.45. The lowest BCUT2D eigenvalue weighted by atomic mass is 10.9. The van der Waals surface area contributed by atoms with Gasteiger partial charge in [-0.3, -0.25) is 0 Å². The van der Waals surface area contributed by atoms with Crippen LogP contribution in [0.1, 0.15) is 6.92 Å². The molecule has 0 rings (SSSR count). The molecule has 0 unspecified atom stereocenters. The zero-order chi connectivity index (χ0) is 4.83. The van der Waals surface area contributed by atoms with E-state index in [-0.39, 0.29) is 0 Å². The second-order valence-electron chi connectivity index (χ2n) is 0.717. The summed E-state index contributed by atoms with van der Waals surface area (Å²) in [5.74, 6) is 0. The standard InChI is InChI=1S/C4H7ClO/c1-2-6-4-3-5/h3-4H,2H2,1H3/b4-3+. The van der Waals surface area contributed by atoms with Crippen molar-refractivity contribution < 1.29 is 4.74 Å². The molecule has 0 aromatic heterocycles. The van der Waals surface area contributed by atoms with Crippen molar-refractivity contribution in [3.63, 3.8) is 0 Å². The average molecular weight is 107 g/mol. The van der Waals surface area contributed by atoms with E-state index in [1.165, 1.54) is 11.8 Å². The van der Waals surface area contributed by atoms with Crippen LogP contribution in [0.15, 0.2) is 11.8 Å². The Bertz CT molecular complexity index is 42.8. The summed E-state index contributed by atoms with van der Waals surface area (Å²) in [5, 5.41) is 0. The predicted octanol–water partition coefficient (Wildman–Crippen LogP) is 1.73. The van der Waals surface area contributed by atoms with Crippen LogP contribution in [0.25, 0.3) is 0 Å². The van der Waals surface area contributed by atoms with Crippen LogP contribution in [0.4, 0.5) is 0 Å². The van der Waals surface area contributed by atoms with E-state index in [1.807, 2.05) is 6.92 Å². The van der Waals surface area contributed by atoms with Crippen LogP contribution in [0.2, 0.25) is 0 Å². The fourth-order valence-electron chi connectivity index (χ4n) is 0.133. The summed E-state index contributed by atoms with van der Waals surface area (Å²) in [7, 11) is 0. The third kappa shape index (κ3) is 3.83. The van der Waals surface area contributed by atoms with Crippen molar-refractivity contribution in [2.75, 3.05) is 6.61 Å². The Morgan fingerprint density at radius 3 is 2.67 bits per heavy atom. The van der Waals surface area contributed by atoms with Crippen molar-refractivity contribution in [3.8, 4) is 0 Å². The third-order valence-corrected chi connectivity index (χ3v) is 0.417. The van der Waals surface area contributed by atoms with Crippen molar-refractivity contribution in [1.82, 2.24) is 0 Å². The monoisotopic (exact) mass is 106 g/mol. The molecule has 0 aromatic carbocycles. The molecule has 0 aliphatic rings. The summed E-state index contributed by atoms with van der Waals surface area (Å²) in [4.78, 5) is 0. The largest absolute Gasteiger partial charge is 0.501 e. The second-order valence-corrected chi connectivity index (χ2v) is 0.969. The van der Waals surface area contributed by atoms with Crippen LogP contribution in [0, 0.1) is 0 Å². The van der Waals surface area contributed by atoms with E-state index in [0.717, 1.165) is 0 Å². The van der Waals surface area contributed by atoms with E-state index in [0.29, 0.717) is 6.61 Å². The quantitative estimate of drug-likeness (QED) is 0.487. The number of rotatable bonds is 2. The normalized spacial score (nSPS) is 9.67. The number of hydrogen-bond donors (Lipinski definition) is 0. The van der Waals surface area contributed by atoms with Crippen LogP contribution >= 0.6 is 11.6 Å². The molecule has 2 heteroatoms. The molecule has 0 aromatic rings. The zero-order valence-corrected chi connectivity index (χ0v) is 4.40. The summed E-state index contributed by atoms with van der Waals surface area (Å²) < 4.78 is 4.67. The molecular weight excluding hydrogens is 99.5 g/mol. The van der Waals surface area contributed by atoms with Gasteiger partial charge in [0.2, 0.25) is 0 Å². The van der Waals surface area contributed by atoms with Gasteiger partial charge >= 0.3 is 0 Å². The van der Waals surface area contributed by atoms with Gasteiger partial charge in [-0.05, 0) is 6.92 Å². The Balaban J connectivity index is 2.66. The summed E-state index contributed by atoms with van der Waals surface area (Å²) in [6.45, 7) is 2.58. The summed E-state index contributed by atoms with van der Waals surface area (Å²) in [6, 6.07) is 0. The van der Waals surface area contributed by atoms with Gasteiger partial charge in [0.15, 0.2) is 0 Å². The second kappa shape index (κ2) is 4.83. The van der Waals surface area contributed by atoms with E-state index in [4.69, 9.17) is 11.6 Å². The first-order valence-corrected chi connectivity index (χ1v) is 2.22. The highest BCUT2D eigenvalue weighted by Gasteiger charge is 1.61. The first kappa shape index (κ1) is 5.83. The molecule has 36 valence electrons. The van der Waals surface area contributed by atoms with E-state index >= 15 is 0 Å². The fraction of sp³-hybridized carbons (Fsp3) is 0.500. The fourth-order valence-corrected chi connectivity index (χ4v) is 0.205. The van der Waals surface area contributed by atoms with E-state index in [1.54, 1.807) is 0 Å². The molecular formula is C4H7ClO. The first-order valence-electron chi connectivity index (χ1n) is 1.78. The Hall–Kier alpha value is -0.170. The molecule has 0 amide bonds. The van der Waals surface area contributed by atoms with E-state index in [2.05, 4.69) is 4.74 Å². The molecule has 6 heavy (non-hydrogen) atoms. The maximum Gasteiger partial charge on any atom is 0.0941 e. The van der Waals surface area contributed by atoms with Gasteiger partial charge in [0.1, 0.15) is 0 Å². The van der Waals surface area contributed by atoms with Crippen molar-refractivity contribution in [2.45, 2.75) is 6.92 Å². The summed E-state index contributed by atoms with van der Waals surface area (Å²) in [5.41, 5.74) is 1.34. The molecule has 0 saturated heterocycles. The molecule has 0 atom stereocenters. The highest BCUT2D eigenvalue weighted by atomic mass is 35.5. The maximum absolute atomic E-state index is 5.07. The average Bonchev–Trinajstić information content (AvgIpc) is 1.61. The Kier molecular flexibility index (Phi) is 4.69. The molecule has 0 heterocycles. The van der Waals surface area contributed by atoms with Gasteiger partial charge in [-0.2, -0.15) is 0 Å². The van der Waals surface area contributed by atoms with Gasteiger partial charge in [0.25, 0.3) is 0 Å². The van der Waals surface area contributed by atoms with Gasteiger partial charge in [-0.15, -0.1) is 0 Å². The minimum atomic E-state index is 0.684. The molecule has 1 nitrogen and oxygen atoms in total. The van der Waals surface area contributed by atoms with E-state index in [9.17, 15) is 0 Å². The third-order valence-electron chi connectivity index (χ3n) is 0.314. The smallest absolute Gasteiger partial charge is 0.0941 e. The molecule has 0 aliphatic heterocycles. The van der Waals surface area contributed by atoms with Crippen molar-refractivity contribution in [3.05, 3.63) is 11.8 Å². The molecule has 0 fully saturated rings. The molecule has 0 radical (unpaired) electrons. The van der Waals surface area contributed by atoms with Gasteiger partial charge in [-0.25, -0.2) is 0 Å². The van der Waals surface area contributed by atoms with Gasteiger partial charge in [0, 0.05) is 5.54 Å². The van der Waals surface area contributed by atoms with Crippen LogP contribution in [0.5, 0.6) is 0 Å². The van der Waals surface area contributed by atoms with Crippen LogP contribution in [0.3, 0.4) is 0 Å². The Morgan fingerprint density at radius 2 is 2.50 bits per heavy atom. The van der Waals surface area contributed by atoms with Crippen molar-refractivity contribution in [1.29, 1.82) is 0 Å². The highest BCUT2D eigenvalue weighted by Crippen LogP contribution is 1.78. The minimum Gasteiger partial charge on any atom is -0.501 e. The lowest BCUT2D eigenvalue weighted by molar-refractivity contribution is 0.270. The van der Waals surface area contributed by atoms with E-state index < -0.39 is 0 Å². The molecule has 0 spiro atoms. The van der Waals surface area contributed by atoms with Crippen molar-refractivity contribution in [2.24, 2.45) is 0 Å². The molecule has 0 bridgehead atoms. The van der Waals surface area contributed by atoms with Gasteiger partial charge in [0.05, 0.1) is 12.9 Å². The number of halogens is 1.